The third-order valence-electron chi connectivity index (χ3n) is 9.81. The van der Waals surface area contributed by atoms with Gasteiger partial charge in [-0.15, -0.1) is 0 Å². The van der Waals surface area contributed by atoms with Crippen molar-refractivity contribution in [2.75, 3.05) is 6.61 Å². The van der Waals surface area contributed by atoms with Crippen molar-refractivity contribution in [2.24, 2.45) is 28.6 Å². The Kier molecular flexibility index (Phi) is 6.87. The lowest BCUT2D eigenvalue weighted by Gasteiger charge is -2.62. The SMILES string of the molecule is CCC(=O)OCC(=O)[C@@]1(OC(=O)CC)[C@@H](C)C[C@H]2[C@@H]3CCC4=CC(=S)C=C[C@]4(C)[C@@]3(F)C(O)C[C@@]21C. The van der Waals surface area contributed by atoms with Crippen molar-refractivity contribution in [3.63, 3.8) is 0 Å². The van der Waals surface area contributed by atoms with Crippen LogP contribution in [0, 0.1) is 28.6 Å². The second-order valence-corrected chi connectivity index (χ2v) is 11.9. The zero-order valence-electron chi connectivity index (χ0n) is 21.8. The molecule has 4 aliphatic rings. The summed E-state index contributed by atoms with van der Waals surface area (Å²) in [6.45, 7) is 8.26. The molecule has 3 saturated carbocycles. The van der Waals surface area contributed by atoms with Crippen molar-refractivity contribution in [1.82, 2.24) is 0 Å². The number of aliphatic hydroxyl groups is 1. The monoisotopic (exact) mass is 520 g/mol. The van der Waals surface area contributed by atoms with E-state index in [1.807, 2.05) is 26.8 Å². The first-order chi connectivity index (χ1) is 16.8. The summed E-state index contributed by atoms with van der Waals surface area (Å²) < 4.78 is 28.6. The molecule has 0 aromatic rings. The van der Waals surface area contributed by atoms with Crippen molar-refractivity contribution in [2.45, 2.75) is 90.5 Å². The van der Waals surface area contributed by atoms with Crippen LogP contribution in [0.4, 0.5) is 4.39 Å². The Hall–Kier alpha value is -1.93. The predicted molar refractivity (Wildman–Crippen MR) is 136 cm³/mol. The summed E-state index contributed by atoms with van der Waals surface area (Å²) in [5.41, 5.74) is -4.75. The molecule has 36 heavy (non-hydrogen) atoms. The number of allylic oxidation sites excluding steroid dienone is 4. The highest BCUT2D eigenvalue weighted by atomic mass is 32.1. The third kappa shape index (κ3) is 3.50. The number of Topliss-reactive ketones (excluding diaryl/α,β-unsaturated/α-hetero) is 1. The Bertz CT molecular complexity index is 1050. The van der Waals surface area contributed by atoms with Crippen LogP contribution in [0.5, 0.6) is 0 Å². The molecule has 0 amide bonds. The smallest absolute Gasteiger partial charge is 0.306 e. The molecule has 0 radical (unpaired) electrons. The molecule has 0 aromatic carbocycles. The Balaban J connectivity index is 1.80. The molecule has 0 saturated heterocycles. The average molecular weight is 521 g/mol. The Morgan fingerprint density at radius 3 is 2.47 bits per heavy atom. The molecule has 6 nitrogen and oxygen atoms in total. The molecule has 1 N–H and O–H groups in total. The van der Waals surface area contributed by atoms with Gasteiger partial charge in [-0.1, -0.05) is 51.6 Å². The number of thiocarbonyl (C=S) groups is 1. The number of carbonyl (C=O) groups is 3. The predicted octanol–water partition coefficient (Wildman–Crippen LogP) is 4.62. The van der Waals surface area contributed by atoms with Gasteiger partial charge in [0.05, 0.1) is 6.10 Å². The van der Waals surface area contributed by atoms with Gasteiger partial charge in [0, 0.05) is 40.4 Å². The zero-order valence-corrected chi connectivity index (χ0v) is 22.6. The van der Waals surface area contributed by atoms with E-state index in [0.717, 1.165) is 5.57 Å². The molecular formula is C28H37FO6S. The van der Waals surface area contributed by atoms with Gasteiger partial charge in [0.2, 0.25) is 5.78 Å². The van der Waals surface area contributed by atoms with Crippen LogP contribution in [-0.2, 0) is 23.9 Å². The zero-order chi connectivity index (χ0) is 26.7. The van der Waals surface area contributed by atoms with Crippen LogP contribution >= 0.6 is 12.2 Å². The number of halogens is 1. The highest BCUT2D eigenvalue weighted by Gasteiger charge is 2.77. The van der Waals surface area contributed by atoms with E-state index in [1.165, 1.54) is 0 Å². The van der Waals surface area contributed by atoms with E-state index in [2.05, 4.69) is 0 Å². The third-order valence-corrected chi connectivity index (χ3v) is 10.1. The lowest BCUT2D eigenvalue weighted by atomic mass is 9.44. The minimum absolute atomic E-state index is 0.0549. The molecule has 0 spiro atoms. The number of ketones is 1. The summed E-state index contributed by atoms with van der Waals surface area (Å²) in [4.78, 5) is 39.0. The number of alkyl halides is 1. The van der Waals surface area contributed by atoms with Gasteiger partial charge in [-0.25, -0.2) is 4.39 Å². The van der Waals surface area contributed by atoms with Crippen molar-refractivity contribution in [3.05, 3.63) is 23.8 Å². The summed E-state index contributed by atoms with van der Waals surface area (Å²) in [6, 6.07) is 0. The molecule has 3 fully saturated rings. The largest absolute Gasteiger partial charge is 0.457 e. The molecule has 198 valence electrons. The van der Waals surface area contributed by atoms with Crippen LogP contribution in [0.15, 0.2) is 23.8 Å². The molecule has 1 unspecified atom stereocenters. The van der Waals surface area contributed by atoms with Gasteiger partial charge in [0.1, 0.15) is 0 Å². The van der Waals surface area contributed by atoms with Crippen molar-refractivity contribution in [1.29, 1.82) is 0 Å². The number of hydrogen-bond donors (Lipinski definition) is 1. The molecular weight excluding hydrogens is 483 g/mol. The van der Waals surface area contributed by atoms with Crippen LogP contribution in [0.1, 0.15) is 73.1 Å². The van der Waals surface area contributed by atoms with Gasteiger partial charge in [-0.3, -0.25) is 14.4 Å². The summed E-state index contributed by atoms with van der Waals surface area (Å²) in [5.74, 6) is -2.90. The van der Waals surface area contributed by atoms with Crippen LogP contribution < -0.4 is 0 Å². The molecule has 8 atom stereocenters. The summed E-state index contributed by atoms with van der Waals surface area (Å²) >= 11 is 5.34. The minimum atomic E-state index is -1.96. The standard InChI is InChI=1S/C28H37FO6S/c1-6-23(32)34-15-22(31)28(35-24(33)7-2)16(3)12-20-19-9-8-17-13-18(36)10-11-25(17,4)27(19,29)21(30)14-26(20,28)5/h10-11,13,16,19-21,30H,6-9,12,14-15H2,1-5H3/t16-,19-,20-,21?,25-,26-,27-,28-/m0/s1. The van der Waals surface area contributed by atoms with E-state index < -0.39 is 64.4 Å². The first-order valence-electron chi connectivity index (χ1n) is 13.0. The quantitative estimate of drug-likeness (QED) is 0.404. The van der Waals surface area contributed by atoms with Gasteiger partial charge < -0.3 is 14.6 Å². The van der Waals surface area contributed by atoms with E-state index in [-0.39, 0.29) is 25.2 Å². The van der Waals surface area contributed by atoms with E-state index in [1.54, 1.807) is 26.0 Å². The van der Waals surface area contributed by atoms with E-state index in [4.69, 9.17) is 21.7 Å². The number of fused-ring (bicyclic) bond motifs is 5. The molecule has 0 heterocycles. The summed E-state index contributed by atoms with van der Waals surface area (Å²) in [7, 11) is 0. The van der Waals surface area contributed by atoms with Gasteiger partial charge in [0.25, 0.3) is 0 Å². The number of hydrogen-bond acceptors (Lipinski definition) is 7. The molecule has 0 aromatic heterocycles. The first-order valence-corrected chi connectivity index (χ1v) is 13.4. The molecule has 4 rings (SSSR count). The molecule has 0 aliphatic heterocycles. The molecule has 4 aliphatic carbocycles. The van der Waals surface area contributed by atoms with Crippen LogP contribution in [-0.4, -0.2) is 51.7 Å². The molecule has 0 bridgehead atoms. The van der Waals surface area contributed by atoms with Crippen LogP contribution in [0.25, 0.3) is 0 Å². The fraction of sp³-hybridized carbons (Fsp3) is 0.714. The van der Waals surface area contributed by atoms with E-state index in [9.17, 15) is 19.5 Å². The second-order valence-electron chi connectivity index (χ2n) is 11.4. The highest BCUT2D eigenvalue weighted by Crippen LogP contribution is 2.71. The number of ether oxygens (including phenoxy) is 2. The maximum atomic E-state index is 17.4. The number of esters is 2. The summed E-state index contributed by atoms with van der Waals surface area (Å²) in [5, 5.41) is 11.6. The van der Waals surface area contributed by atoms with Crippen molar-refractivity contribution in [3.8, 4) is 0 Å². The highest BCUT2D eigenvalue weighted by molar-refractivity contribution is 7.81. The minimum Gasteiger partial charge on any atom is -0.457 e. The average Bonchev–Trinajstić information content (AvgIpc) is 3.05. The lowest BCUT2D eigenvalue weighted by molar-refractivity contribution is -0.228. The van der Waals surface area contributed by atoms with Crippen LogP contribution in [0.2, 0.25) is 0 Å². The molecule has 8 heteroatoms. The van der Waals surface area contributed by atoms with E-state index in [0.29, 0.717) is 24.1 Å². The van der Waals surface area contributed by atoms with Gasteiger partial charge >= 0.3 is 11.9 Å². The maximum absolute atomic E-state index is 17.4. The fourth-order valence-electron chi connectivity index (χ4n) is 8.01. The van der Waals surface area contributed by atoms with Crippen LogP contribution in [0.3, 0.4) is 0 Å². The van der Waals surface area contributed by atoms with E-state index >= 15 is 4.39 Å². The summed E-state index contributed by atoms with van der Waals surface area (Å²) in [6.07, 6.45) is 5.69. The number of aliphatic hydroxyl groups excluding tert-OH is 1. The van der Waals surface area contributed by atoms with Crippen molar-refractivity contribution >= 4 is 34.8 Å². The maximum Gasteiger partial charge on any atom is 0.306 e. The first kappa shape index (κ1) is 27.1. The fourth-order valence-corrected chi connectivity index (χ4v) is 8.22. The second kappa shape index (κ2) is 9.12. The van der Waals surface area contributed by atoms with Crippen molar-refractivity contribution < 1.29 is 33.4 Å². The van der Waals surface area contributed by atoms with Gasteiger partial charge in [-0.2, -0.15) is 0 Å². The normalized spacial score (nSPS) is 43.1. The number of rotatable bonds is 6. The Morgan fingerprint density at radius 2 is 1.83 bits per heavy atom. The Labute approximate surface area is 217 Å². The number of carbonyl (C=O) groups excluding carboxylic acids is 3. The Morgan fingerprint density at radius 1 is 1.17 bits per heavy atom. The lowest BCUT2D eigenvalue weighted by Crippen LogP contribution is -2.70. The van der Waals surface area contributed by atoms with Gasteiger partial charge in [-0.05, 0) is 50.7 Å². The van der Waals surface area contributed by atoms with Gasteiger partial charge in [0.15, 0.2) is 17.9 Å². The topological polar surface area (TPSA) is 89.9 Å².